The Hall–Kier alpha value is -5.43. The molecule has 3 atom stereocenters. The molecule has 2 aliphatic carbocycles. The van der Waals surface area contributed by atoms with Crippen molar-refractivity contribution in [2.24, 2.45) is 27.8 Å². The van der Waals surface area contributed by atoms with Crippen molar-refractivity contribution in [3.8, 4) is 11.1 Å². The van der Waals surface area contributed by atoms with E-state index < -0.39 is 0 Å². The second-order valence-electron chi connectivity index (χ2n) is 13.5. The zero-order chi connectivity index (χ0) is 34.1. The molecule has 0 radical (unpaired) electrons. The Morgan fingerprint density at radius 3 is 2.49 bits per heavy atom. The van der Waals surface area contributed by atoms with Crippen LogP contribution in [0.2, 0.25) is 0 Å². The van der Waals surface area contributed by atoms with Crippen molar-refractivity contribution in [3.05, 3.63) is 167 Å². The van der Waals surface area contributed by atoms with Crippen LogP contribution in [0.4, 0.5) is 0 Å². The topological polar surface area (TPSA) is 63.9 Å². The zero-order valence-corrected chi connectivity index (χ0v) is 29.5. The second-order valence-corrected chi connectivity index (χ2v) is 15.8. The Morgan fingerprint density at radius 2 is 1.61 bits per heavy atom. The minimum atomic E-state index is 0.328. The average Bonchev–Trinajstić information content (AvgIpc) is 3.86. The molecule has 10 rings (SSSR count). The van der Waals surface area contributed by atoms with Crippen molar-refractivity contribution in [2.45, 2.75) is 18.6 Å². The van der Waals surface area contributed by atoms with Crippen LogP contribution in [0.5, 0.6) is 0 Å². The molecular weight excluding hydrogens is 663 g/mol. The van der Waals surface area contributed by atoms with E-state index in [1.165, 1.54) is 25.1 Å². The maximum Gasteiger partial charge on any atom is 0.180 e. The number of rotatable bonds is 4. The fourth-order valence-corrected chi connectivity index (χ4v) is 10.8. The number of nitrogens with zero attached hydrogens (tertiary/aromatic N) is 2. The molecule has 5 aromatic carbocycles. The van der Waals surface area contributed by atoms with E-state index in [0.29, 0.717) is 22.9 Å². The molecule has 3 aliphatic rings. The third kappa shape index (κ3) is 4.96. The van der Waals surface area contributed by atoms with Crippen molar-refractivity contribution < 1.29 is 4.42 Å². The molecule has 3 heterocycles. The normalized spacial score (nSPS) is 20.5. The van der Waals surface area contributed by atoms with Gasteiger partial charge in [-0.05, 0) is 58.9 Å². The average molecular weight is 696 g/mol. The summed E-state index contributed by atoms with van der Waals surface area (Å²) in [4.78, 5) is 6.75. The van der Waals surface area contributed by atoms with E-state index in [1.807, 2.05) is 47.4 Å². The molecule has 246 valence electrons. The highest BCUT2D eigenvalue weighted by Gasteiger charge is 2.37. The summed E-state index contributed by atoms with van der Waals surface area (Å²) in [5, 5.41) is 9.26. The van der Waals surface area contributed by atoms with E-state index in [0.717, 1.165) is 61.9 Å². The zero-order valence-electron chi connectivity index (χ0n) is 27.9. The summed E-state index contributed by atoms with van der Waals surface area (Å²) in [7, 11) is 0. The van der Waals surface area contributed by atoms with Crippen molar-refractivity contribution in [3.63, 3.8) is 0 Å². The molecule has 3 unspecified atom stereocenters. The van der Waals surface area contributed by atoms with Gasteiger partial charge in [-0.2, -0.15) is 5.10 Å². The fourth-order valence-electron chi connectivity index (χ4n) is 8.13. The lowest BCUT2D eigenvalue weighted by Crippen LogP contribution is -2.20. The van der Waals surface area contributed by atoms with Gasteiger partial charge in [-0.25, -0.2) is 4.99 Å². The van der Waals surface area contributed by atoms with Crippen LogP contribution in [0.15, 0.2) is 170 Å². The Bertz CT molecular complexity index is 2740. The lowest BCUT2D eigenvalue weighted by atomic mass is 9.79. The van der Waals surface area contributed by atoms with Crippen LogP contribution < -0.4 is 5.84 Å². The standard InChI is InChI=1S/C45H33N3OS2/c1-26-10-7-19-38-41(26)33-23-21-29(25-40(33)51-38)44(27-11-3-2-4-12-27)47-45(48-46)34-15-9-17-36-43(34)42-30(14-8-16-35(42)49-36)28-20-22-32-31-13-5-6-18-37(31)50-39(32)24-28/h2-9,11-26,33,40H,10,46H2,1H3/b47-44-,48-45-. The van der Waals surface area contributed by atoms with Gasteiger partial charge < -0.3 is 10.3 Å². The summed E-state index contributed by atoms with van der Waals surface area (Å²) in [6, 6.07) is 38.1. The van der Waals surface area contributed by atoms with Crippen molar-refractivity contribution in [2.75, 3.05) is 0 Å². The highest BCUT2D eigenvalue weighted by Crippen LogP contribution is 2.51. The number of hydrogen-bond donors (Lipinski definition) is 1. The molecule has 0 fully saturated rings. The number of benzene rings is 5. The van der Waals surface area contributed by atoms with Gasteiger partial charge in [0.15, 0.2) is 5.84 Å². The molecule has 7 aromatic rings. The van der Waals surface area contributed by atoms with Gasteiger partial charge in [0.2, 0.25) is 0 Å². The molecule has 2 aromatic heterocycles. The van der Waals surface area contributed by atoms with E-state index in [1.54, 1.807) is 5.57 Å². The van der Waals surface area contributed by atoms with Gasteiger partial charge in [0.25, 0.3) is 0 Å². The largest absolute Gasteiger partial charge is 0.456 e. The van der Waals surface area contributed by atoms with E-state index in [2.05, 4.69) is 127 Å². The van der Waals surface area contributed by atoms with Gasteiger partial charge in [-0.3, -0.25) is 0 Å². The second kappa shape index (κ2) is 12.1. The SMILES string of the molecule is CC1CC=CC2=C1C1C=CC(/C(=N\C(=N/N)c3cccc4oc5cccc(-c6ccc7c(c6)sc6ccccc67)c5c34)c3ccccc3)=CC1S2. The summed E-state index contributed by atoms with van der Waals surface area (Å²) in [6.07, 6.45) is 12.8. The maximum atomic E-state index is 6.52. The number of nitrogens with two attached hydrogens (primary N) is 1. The highest BCUT2D eigenvalue weighted by atomic mass is 32.2. The first-order valence-electron chi connectivity index (χ1n) is 17.4. The molecule has 4 nitrogen and oxygen atoms in total. The first-order chi connectivity index (χ1) is 25.1. The molecule has 0 amide bonds. The minimum Gasteiger partial charge on any atom is -0.456 e. The number of thioether (sulfide) groups is 1. The molecule has 6 heteroatoms. The molecular formula is C45H33N3OS2. The Labute approximate surface area is 304 Å². The van der Waals surface area contributed by atoms with Gasteiger partial charge in [0.1, 0.15) is 11.2 Å². The van der Waals surface area contributed by atoms with Crippen molar-refractivity contribution in [1.82, 2.24) is 0 Å². The summed E-state index contributed by atoms with van der Waals surface area (Å²) in [6.45, 7) is 2.35. The van der Waals surface area contributed by atoms with Crippen LogP contribution in [-0.2, 0) is 0 Å². The lowest BCUT2D eigenvalue weighted by molar-refractivity contribution is 0.600. The number of fused-ring (bicyclic) bond motifs is 8. The van der Waals surface area contributed by atoms with Crippen LogP contribution in [0.1, 0.15) is 24.5 Å². The van der Waals surface area contributed by atoms with Gasteiger partial charge in [0.05, 0.1) is 5.71 Å². The number of hydrazone groups is 1. The molecule has 51 heavy (non-hydrogen) atoms. The predicted molar refractivity (Wildman–Crippen MR) is 218 cm³/mol. The van der Waals surface area contributed by atoms with Gasteiger partial charge >= 0.3 is 0 Å². The van der Waals surface area contributed by atoms with Crippen molar-refractivity contribution >= 4 is 76.8 Å². The number of aliphatic imine (C=N–C) groups is 1. The number of allylic oxidation sites excluding steroid dienone is 6. The molecule has 0 saturated heterocycles. The summed E-state index contributed by atoms with van der Waals surface area (Å²) in [5.41, 5.74) is 9.18. The summed E-state index contributed by atoms with van der Waals surface area (Å²) < 4.78 is 9.07. The van der Waals surface area contributed by atoms with Crippen LogP contribution in [-0.4, -0.2) is 16.8 Å². The molecule has 0 bridgehead atoms. The molecule has 1 aliphatic heterocycles. The van der Waals surface area contributed by atoms with E-state index in [-0.39, 0.29) is 0 Å². The van der Waals surface area contributed by atoms with Crippen molar-refractivity contribution in [1.29, 1.82) is 0 Å². The quantitative estimate of drug-likeness (QED) is 0.0863. The van der Waals surface area contributed by atoms with Crippen LogP contribution >= 0.6 is 23.1 Å². The molecule has 2 N–H and O–H groups in total. The number of thiophene rings is 1. The van der Waals surface area contributed by atoms with Crippen LogP contribution in [0.3, 0.4) is 0 Å². The third-order valence-corrected chi connectivity index (χ3v) is 13.0. The predicted octanol–water partition coefficient (Wildman–Crippen LogP) is 11.8. The van der Waals surface area contributed by atoms with Gasteiger partial charge in [-0.15, -0.1) is 23.1 Å². The molecule has 0 spiro atoms. The van der Waals surface area contributed by atoms with Crippen LogP contribution in [0.25, 0.3) is 53.2 Å². The maximum absolute atomic E-state index is 6.52. The van der Waals surface area contributed by atoms with E-state index in [9.17, 15) is 0 Å². The number of amidine groups is 1. The van der Waals surface area contributed by atoms with Gasteiger partial charge in [0, 0.05) is 58.1 Å². The summed E-state index contributed by atoms with van der Waals surface area (Å²) >= 11 is 3.80. The smallest absolute Gasteiger partial charge is 0.180 e. The minimum absolute atomic E-state index is 0.328. The van der Waals surface area contributed by atoms with E-state index in [4.69, 9.17) is 15.3 Å². The highest BCUT2D eigenvalue weighted by molar-refractivity contribution is 8.04. The first-order valence-corrected chi connectivity index (χ1v) is 19.1. The molecule has 0 saturated carbocycles. The first kappa shape index (κ1) is 30.4. The summed E-state index contributed by atoms with van der Waals surface area (Å²) in [5.74, 6) is 7.72. The van der Waals surface area contributed by atoms with Crippen LogP contribution in [0, 0.1) is 11.8 Å². The Kier molecular flexibility index (Phi) is 7.22. The third-order valence-electron chi connectivity index (χ3n) is 10.5. The number of hydrogen-bond acceptors (Lipinski definition) is 5. The number of furan rings is 1. The monoisotopic (exact) mass is 695 g/mol. The Balaban J connectivity index is 1.12. The van der Waals surface area contributed by atoms with Gasteiger partial charge in [-0.1, -0.05) is 122 Å². The lowest BCUT2D eigenvalue weighted by Gasteiger charge is -2.25. The fraction of sp³-hybridized carbons (Fsp3) is 0.111. The van der Waals surface area contributed by atoms with E-state index >= 15 is 0 Å². The Morgan fingerprint density at radius 1 is 0.804 bits per heavy atom.